The third kappa shape index (κ3) is 5.03. The average Bonchev–Trinajstić information content (AvgIpc) is 3.94. The minimum absolute atomic E-state index is 1.15. The summed E-state index contributed by atoms with van der Waals surface area (Å²) in [6.07, 6.45) is 0. The van der Waals surface area contributed by atoms with E-state index < -0.39 is 0 Å². The quantitative estimate of drug-likeness (QED) is 0.166. The minimum Gasteiger partial charge on any atom is -0.309 e. The fraction of sp³-hybridized carbons (Fsp3) is 0. The van der Waals surface area contributed by atoms with Crippen LogP contribution in [0.25, 0.3) is 109 Å². The predicted octanol–water partition coefficient (Wildman–Crippen LogP) is 15.2. The van der Waals surface area contributed by atoms with Crippen molar-refractivity contribution in [3.63, 3.8) is 0 Å². The van der Waals surface area contributed by atoms with Crippen LogP contribution in [0.15, 0.2) is 206 Å². The largest absolute Gasteiger partial charge is 0.309 e. The maximum atomic E-state index is 2.47. The molecule has 57 heavy (non-hydrogen) atoms. The van der Waals surface area contributed by atoms with Gasteiger partial charge in [-0.05, 0) is 112 Å². The maximum Gasteiger partial charge on any atom is 0.0541 e. The van der Waals surface area contributed by atoms with E-state index in [2.05, 4.69) is 215 Å². The van der Waals surface area contributed by atoms with E-state index in [4.69, 9.17) is 0 Å². The van der Waals surface area contributed by atoms with Crippen molar-refractivity contribution in [2.75, 3.05) is 0 Å². The number of nitrogens with zero attached hydrogens (tertiary/aromatic N) is 2. The number of benzene rings is 9. The molecule has 0 fully saturated rings. The first-order valence-corrected chi connectivity index (χ1v) is 20.3. The van der Waals surface area contributed by atoms with E-state index in [-0.39, 0.29) is 0 Å². The number of rotatable bonds is 5. The summed E-state index contributed by atoms with van der Waals surface area (Å²) in [6, 6.07) is 75.7. The Morgan fingerprint density at radius 3 is 1.49 bits per heavy atom. The Kier molecular flexibility index (Phi) is 7.13. The standard InChI is InChI=1S/C54H34N2S/c1-3-14-35(15-4-1)38-30-39(42-21-13-25-53-54(42)45-20-9-12-24-52(45)57-53)32-41(31-38)56-49-23-11-8-19-44(49)47-34-37(27-29-51(47)56)36-26-28-50-46(33-36)43-18-7-10-22-48(43)55(50)40-16-5-2-6-17-40/h1-34H. The summed E-state index contributed by atoms with van der Waals surface area (Å²) in [7, 11) is 0. The molecule has 0 bridgehead atoms. The van der Waals surface area contributed by atoms with Crippen LogP contribution in [0, 0.1) is 0 Å². The number of aromatic nitrogens is 2. The summed E-state index contributed by atoms with van der Waals surface area (Å²) < 4.78 is 7.48. The highest BCUT2D eigenvalue weighted by molar-refractivity contribution is 7.25. The monoisotopic (exact) mass is 742 g/mol. The minimum atomic E-state index is 1.15. The van der Waals surface area contributed by atoms with Crippen molar-refractivity contribution in [1.82, 2.24) is 9.13 Å². The molecule has 3 aromatic heterocycles. The molecule has 0 aliphatic rings. The van der Waals surface area contributed by atoms with Crippen molar-refractivity contribution in [3.8, 4) is 44.8 Å². The average molecular weight is 743 g/mol. The molecule has 0 saturated heterocycles. The van der Waals surface area contributed by atoms with Crippen molar-refractivity contribution < 1.29 is 0 Å². The van der Waals surface area contributed by atoms with Crippen molar-refractivity contribution >= 4 is 75.1 Å². The Balaban J connectivity index is 1.07. The van der Waals surface area contributed by atoms with Gasteiger partial charge in [0.05, 0.1) is 22.1 Å². The Morgan fingerprint density at radius 2 is 0.807 bits per heavy atom. The van der Waals surface area contributed by atoms with Gasteiger partial charge in [-0.15, -0.1) is 11.3 Å². The Hall–Kier alpha value is -7.20. The van der Waals surface area contributed by atoms with Crippen LogP contribution in [-0.2, 0) is 0 Å². The van der Waals surface area contributed by atoms with Gasteiger partial charge < -0.3 is 9.13 Å². The lowest BCUT2D eigenvalue weighted by Crippen LogP contribution is -1.96. The highest BCUT2D eigenvalue weighted by Gasteiger charge is 2.18. The lowest BCUT2D eigenvalue weighted by molar-refractivity contribution is 1.18. The van der Waals surface area contributed by atoms with Crippen LogP contribution in [0.5, 0.6) is 0 Å². The fourth-order valence-corrected chi connectivity index (χ4v) is 10.3. The first-order chi connectivity index (χ1) is 28.3. The molecule has 0 aliphatic heterocycles. The summed E-state index contributed by atoms with van der Waals surface area (Å²) in [5.41, 5.74) is 14.4. The van der Waals surface area contributed by atoms with Gasteiger partial charge in [0.15, 0.2) is 0 Å². The number of para-hydroxylation sites is 3. The summed E-state index contributed by atoms with van der Waals surface area (Å²) in [4.78, 5) is 0. The summed E-state index contributed by atoms with van der Waals surface area (Å²) in [6.45, 7) is 0. The van der Waals surface area contributed by atoms with Gasteiger partial charge in [0, 0.05) is 53.1 Å². The molecule has 3 heterocycles. The van der Waals surface area contributed by atoms with Crippen LogP contribution in [-0.4, -0.2) is 9.13 Å². The summed E-state index contributed by atoms with van der Waals surface area (Å²) in [5, 5.41) is 7.64. The Labute approximate surface area is 333 Å². The summed E-state index contributed by atoms with van der Waals surface area (Å²) in [5.74, 6) is 0. The van der Waals surface area contributed by atoms with Crippen molar-refractivity contribution in [2.24, 2.45) is 0 Å². The molecule has 0 amide bonds. The summed E-state index contributed by atoms with van der Waals surface area (Å²) >= 11 is 1.87. The molecule has 0 unspecified atom stereocenters. The van der Waals surface area contributed by atoms with Crippen LogP contribution in [0.3, 0.4) is 0 Å². The van der Waals surface area contributed by atoms with E-state index >= 15 is 0 Å². The molecule has 3 heteroatoms. The van der Waals surface area contributed by atoms with Crippen molar-refractivity contribution in [1.29, 1.82) is 0 Å². The zero-order valence-corrected chi connectivity index (χ0v) is 31.7. The normalized spacial score (nSPS) is 11.9. The molecule has 266 valence electrons. The SMILES string of the molecule is c1ccc(-c2cc(-c3cccc4sc5ccccc5c34)cc(-n3c4ccccc4c4cc(-c5ccc6c(c5)c5ccccc5n6-c5ccccc5)ccc43)c2)cc1. The van der Waals surface area contributed by atoms with E-state index in [1.807, 2.05) is 11.3 Å². The van der Waals surface area contributed by atoms with Gasteiger partial charge in [0.25, 0.3) is 0 Å². The second kappa shape index (κ2) is 12.7. The predicted molar refractivity (Wildman–Crippen MR) is 244 cm³/mol. The van der Waals surface area contributed by atoms with Gasteiger partial charge in [-0.1, -0.05) is 127 Å². The topological polar surface area (TPSA) is 9.86 Å². The van der Waals surface area contributed by atoms with Crippen LogP contribution in [0.4, 0.5) is 0 Å². The van der Waals surface area contributed by atoms with Crippen molar-refractivity contribution in [2.45, 2.75) is 0 Å². The second-order valence-corrected chi connectivity index (χ2v) is 16.0. The highest BCUT2D eigenvalue weighted by Crippen LogP contribution is 2.43. The molecule has 12 rings (SSSR count). The zero-order valence-electron chi connectivity index (χ0n) is 30.9. The molecule has 0 radical (unpaired) electrons. The van der Waals surface area contributed by atoms with Crippen LogP contribution < -0.4 is 0 Å². The van der Waals surface area contributed by atoms with Gasteiger partial charge in [-0.25, -0.2) is 0 Å². The molecule has 0 saturated carbocycles. The van der Waals surface area contributed by atoms with Gasteiger partial charge in [0.2, 0.25) is 0 Å². The van der Waals surface area contributed by atoms with Gasteiger partial charge in [-0.3, -0.25) is 0 Å². The molecular weight excluding hydrogens is 709 g/mol. The van der Waals surface area contributed by atoms with Crippen molar-refractivity contribution in [3.05, 3.63) is 206 Å². The molecule has 0 aliphatic carbocycles. The number of fused-ring (bicyclic) bond motifs is 9. The van der Waals surface area contributed by atoms with E-state index in [1.165, 1.54) is 103 Å². The van der Waals surface area contributed by atoms with Gasteiger partial charge in [0.1, 0.15) is 0 Å². The molecule has 0 spiro atoms. The third-order valence-electron chi connectivity index (χ3n) is 11.7. The van der Waals surface area contributed by atoms with Crippen LogP contribution in [0.1, 0.15) is 0 Å². The smallest absolute Gasteiger partial charge is 0.0541 e. The first kappa shape index (κ1) is 32.1. The third-order valence-corrected chi connectivity index (χ3v) is 12.8. The molecule has 0 N–H and O–H groups in total. The van der Waals surface area contributed by atoms with E-state index in [9.17, 15) is 0 Å². The lowest BCUT2D eigenvalue weighted by atomic mass is 9.95. The fourth-order valence-electron chi connectivity index (χ4n) is 9.15. The van der Waals surface area contributed by atoms with Crippen LogP contribution in [0.2, 0.25) is 0 Å². The maximum absolute atomic E-state index is 2.47. The highest BCUT2D eigenvalue weighted by atomic mass is 32.1. The molecule has 9 aromatic carbocycles. The zero-order chi connectivity index (χ0) is 37.5. The van der Waals surface area contributed by atoms with Gasteiger partial charge >= 0.3 is 0 Å². The van der Waals surface area contributed by atoms with E-state index in [0.717, 1.165) is 5.69 Å². The first-order valence-electron chi connectivity index (χ1n) is 19.5. The molecule has 12 aromatic rings. The lowest BCUT2D eigenvalue weighted by Gasteiger charge is -2.15. The molecular formula is C54H34N2S. The molecule has 0 atom stereocenters. The number of hydrogen-bond acceptors (Lipinski definition) is 1. The Morgan fingerprint density at radius 1 is 0.281 bits per heavy atom. The number of thiophene rings is 1. The van der Waals surface area contributed by atoms with E-state index in [1.54, 1.807) is 0 Å². The number of hydrogen-bond donors (Lipinski definition) is 0. The molecule has 2 nitrogen and oxygen atoms in total. The second-order valence-electron chi connectivity index (χ2n) is 14.9. The van der Waals surface area contributed by atoms with Gasteiger partial charge in [-0.2, -0.15) is 0 Å². The van der Waals surface area contributed by atoms with Crippen LogP contribution >= 0.6 is 11.3 Å². The Bertz CT molecular complexity index is 3510. The van der Waals surface area contributed by atoms with E-state index in [0.29, 0.717) is 0 Å².